The van der Waals surface area contributed by atoms with Crippen LogP contribution in [0, 0.1) is 5.41 Å². The number of aromatic amines is 2. The van der Waals surface area contributed by atoms with E-state index in [9.17, 15) is 77.3 Å². The van der Waals surface area contributed by atoms with E-state index in [1.54, 1.807) is 78.9 Å². The third-order valence-electron chi connectivity index (χ3n) is 17.9. The highest BCUT2D eigenvalue weighted by molar-refractivity contribution is 7.80. The molecule has 16 amide bonds. The minimum absolute atomic E-state index is 0.0490. The normalized spacial score (nSPS) is 14.2. The molecule has 0 radical (unpaired) electrons. The number of aromatic nitrogens is 2. The van der Waals surface area contributed by atoms with Gasteiger partial charge in [0.2, 0.25) is 94.5 Å². The lowest BCUT2D eigenvalue weighted by Crippen LogP contribution is -2.62. The molecular weight excluding hydrogens is 1540 g/mol. The quantitative estimate of drug-likeness (QED) is 0.00733. The Kier molecular flexibility index (Phi) is 35.7. The van der Waals surface area contributed by atoms with Crippen molar-refractivity contribution >= 4 is 148 Å². The number of hydrogen-bond acceptors (Lipinski definition) is 21. The highest BCUT2D eigenvalue weighted by atomic mass is 32.1. The number of nitrogens with two attached hydrogens (primary N) is 5. The lowest BCUT2D eigenvalue weighted by Gasteiger charge is -2.29. The molecule has 0 aliphatic heterocycles. The molecule has 0 aliphatic carbocycles. The number of nitrogens with one attached hydrogen (secondary N) is 16. The molecule has 2 aromatic heterocycles. The standard InChI is InChI=1S/C74H97N21O18S2/c1-37(96)62(95-66(106)48(17-10-26-81-74(79)80)86-71(111)56(35-114)85-38(2)97)73(113)93-54(30-42-33-83-47-16-9-7-14-45(42)47)69(109)88-50(23-25-59(76)100)65(105)94-57(36-115)72(112)90-52(28-40-18-20-43(98)21-19-40)67(107)91-53(29-41-32-82-46-15-8-6-13-44(41)46)68(108)87-49(22-24-58(75)99)64(104)92-55(31-60(77)101)70(110)89-51(63(103)84-34-61(78)102)27-39-11-4-3-5-12-39/h3-9,11-16,18-21,32-33,37,48-57,62,82-83,96,98,114-115H,10,17,22-31,34-36H2,1-2H3,(H2,75,99)(H2,76,100)(H2,77,101)(H2,78,102)(H,84,103)(H,85,97)(H,86,111)(H,87,108)(H,88,109)(H,89,110)(H,90,112)(H,91,107)(H,92,104)(H,93,113)(H,94,105)(H,95,106)(H4,79,80,81)/t37-,48+,49+,50+,51+,52+,53+,54+,55+,56+,57+,62+/m1/s1. The van der Waals surface area contributed by atoms with E-state index in [2.05, 4.69) is 104 Å². The van der Waals surface area contributed by atoms with Crippen molar-refractivity contribution in [2.24, 2.45) is 28.7 Å². The first kappa shape index (κ1) is 91.1. The molecule has 41 heteroatoms. The molecule has 0 spiro atoms. The zero-order chi connectivity index (χ0) is 84.6. The number of carbonyl (C=O) groups excluding carboxylic acids is 16. The summed E-state index contributed by atoms with van der Waals surface area (Å²) in [7, 11) is 0. The number of primary amides is 4. The molecular formula is C74H97N21O18S2. The van der Waals surface area contributed by atoms with Gasteiger partial charge >= 0.3 is 0 Å². The molecule has 6 rings (SSSR count). The SMILES string of the molecule is CC(=O)N[C@@H](CS)C(=O)N[C@@H](CCCNC(=N)N)C(=O)N[C@H](C(=O)N[C@@H](Cc1c[nH]c2ccccc12)C(=O)N[C@@H](CCC(N)=O)C(=O)N[C@@H](CS)C(=O)N[C@@H](Cc1ccc(O)cc1)C(=O)N[C@@H](Cc1c[nH]c2ccccc12)C(=O)N[C@@H](CCC(N)=O)C(=O)N[C@@H](CC(N)=O)C(=O)N[C@@H](Cc1ccccc1)C(=O)NCC(N)=O)[C@@H](C)O. The van der Waals surface area contributed by atoms with Gasteiger partial charge in [-0.25, -0.2) is 0 Å². The van der Waals surface area contributed by atoms with E-state index in [1.165, 1.54) is 36.7 Å². The van der Waals surface area contributed by atoms with E-state index < -0.39 is 224 Å². The van der Waals surface area contributed by atoms with Gasteiger partial charge < -0.3 is 118 Å². The number of aliphatic hydroxyl groups excluding tert-OH is 1. The molecule has 115 heavy (non-hydrogen) atoms. The first-order valence-electron chi connectivity index (χ1n) is 36.2. The highest BCUT2D eigenvalue weighted by Crippen LogP contribution is 2.23. The monoisotopic (exact) mass is 1630 g/mol. The van der Waals surface area contributed by atoms with Gasteiger partial charge in [-0.05, 0) is 79.1 Å². The molecule has 39 nitrogen and oxygen atoms in total. The van der Waals surface area contributed by atoms with Crippen molar-refractivity contribution in [1.29, 1.82) is 5.41 Å². The van der Waals surface area contributed by atoms with Crippen molar-refractivity contribution in [1.82, 2.24) is 79.1 Å². The fraction of sp³-hybridized carbons (Fsp3) is 0.392. The summed E-state index contributed by atoms with van der Waals surface area (Å²) in [5.41, 5.74) is 30.2. The second kappa shape index (κ2) is 45.0. The summed E-state index contributed by atoms with van der Waals surface area (Å²) >= 11 is 8.49. The van der Waals surface area contributed by atoms with Crippen molar-refractivity contribution < 1.29 is 86.9 Å². The molecule has 0 bridgehead atoms. The lowest BCUT2D eigenvalue weighted by atomic mass is 10.0. The molecule has 6 aromatic rings. The van der Waals surface area contributed by atoms with Crippen LogP contribution in [0.15, 0.2) is 116 Å². The van der Waals surface area contributed by atoms with Gasteiger partial charge in [0.25, 0.3) is 0 Å². The van der Waals surface area contributed by atoms with Crippen LogP contribution in [0.2, 0.25) is 0 Å². The summed E-state index contributed by atoms with van der Waals surface area (Å²) in [5, 5.41) is 62.3. The molecule has 618 valence electrons. The zero-order valence-electron chi connectivity index (χ0n) is 62.7. The summed E-state index contributed by atoms with van der Waals surface area (Å²) in [4.78, 5) is 226. The van der Waals surface area contributed by atoms with Crippen LogP contribution in [0.4, 0.5) is 0 Å². The molecule has 0 saturated heterocycles. The topological polar surface area (TPSA) is 656 Å². The molecule has 0 saturated carbocycles. The Labute approximate surface area is 669 Å². The van der Waals surface area contributed by atoms with Crippen molar-refractivity contribution in [3.05, 3.63) is 138 Å². The number of phenolic OH excluding ortho intramolecular Hbond substituents is 1. The fourth-order valence-electron chi connectivity index (χ4n) is 11.9. The summed E-state index contributed by atoms with van der Waals surface area (Å²) in [6.07, 6.45) is -3.15. The Morgan fingerprint density at radius 2 is 0.783 bits per heavy atom. The van der Waals surface area contributed by atoms with Gasteiger partial charge in [0.05, 0.1) is 19.1 Å². The van der Waals surface area contributed by atoms with E-state index in [4.69, 9.17) is 34.1 Å². The van der Waals surface area contributed by atoms with Gasteiger partial charge in [0.15, 0.2) is 5.96 Å². The first-order chi connectivity index (χ1) is 54.6. The van der Waals surface area contributed by atoms with Crippen LogP contribution in [-0.4, -0.2) is 218 Å². The number of phenols is 1. The maximum atomic E-state index is 15.2. The number of carbonyl (C=O) groups is 16. The maximum absolute atomic E-state index is 15.2. The molecule has 0 unspecified atom stereocenters. The second-order valence-electron chi connectivity index (χ2n) is 26.9. The predicted octanol–water partition coefficient (Wildman–Crippen LogP) is -5.51. The van der Waals surface area contributed by atoms with Crippen LogP contribution >= 0.6 is 25.3 Å². The van der Waals surface area contributed by atoms with Crippen molar-refractivity contribution in [2.75, 3.05) is 24.6 Å². The number of amides is 16. The second-order valence-corrected chi connectivity index (χ2v) is 27.7. The third-order valence-corrected chi connectivity index (χ3v) is 18.6. The van der Waals surface area contributed by atoms with E-state index in [-0.39, 0.29) is 50.2 Å². The smallest absolute Gasteiger partial charge is 0.245 e. The van der Waals surface area contributed by atoms with Crippen LogP contribution in [0.1, 0.15) is 81.0 Å². The molecule has 0 fully saturated rings. The van der Waals surface area contributed by atoms with Gasteiger partial charge in [-0.1, -0.05) is 78.9 Å². The number of benzene rings is 4. The van der Waals surface area contributed by atoms with Crippen LogP contribution in [0.3, 0.4) is 0 Å². The number of fused-ring (bicyclic) bond motifs is 2. The van der Waals surface area contributed by atoms with E-state index in [1.807, 2.05) is 0 Å². The predicted molar refractivity (Wildman–Crippen MR) is 424 cm³/mol. The number of aliphatic hydroxyl groups is 1. The fourth-order valence-corrected chi connectivity index (χ4v) is 12.5. The number of aromatic hydroxyl groups is 1. The van der Waals surface area contributed by atoms with Crippen molar-refractivity contribution in [3.63, 3.8) is 0 Å². The molecule has 28 N–H and O–H groups in total. The van der Waals surface area contributed by atoms with Crippen LogP contribution in [-0.2, 0) is 102 Å². The van der Waals surface area contributed by atoms with Crippen LogP contribution in [0.5, 0.6) is 5.75 Å². The Bertz CT molecular complexity index is 4490. The zero-order valence-corrected chi connectivity index (χ0v) is 64.5. The average molecular weight is 1630 g/mol. The van der Waals surface area contributed by atoms with Gasteiger partial charge in [0, 0.05) is 97.7 Å². The van der Waals surface area contributed by atoms with Crippen LogP contribution < -0.4 is 97.8 Å². The van der Waals surface area contributed by atoms with E-state index >= 15 is 9.59 Å². The lowest BCUT2D eigenvalue weighted by molar-refractivity contribution is -0.137. The molecule has 2 heterocycles. The number of hydrogen-bond donors (Lipinski definition) is 25. The number of guanidine groups is 1. The van der Waals surface area contributed by atoms with Gasteiger partial charge in [-0.2, -0.15) is 25.3 Å². The Hall–Kier alpha value is -12.8. The number of thiol groups is 2. The Morgan fingerprint density at radius 1 is 0.409 bits per heavy atom. The van der Waals surface area contributed by atoms with Gasteiger partial charge in [-0.15, -0.1) is 0 Å². The molecule has 0 aliphatic rings. The summed E-state index contributed by atoms with van der Waals surface area (Å²) < 4.78 is 0. The van der Waals surface area contributed by atoms with Crippen molar-refractivity contribution in [3.8, 4) is 5.75 Å². The van der Waals surface area contributed by atoms with E-state index in [0.29, 0.717) is 44.1 Å². The van der Waals surface area contributed by atoms with Gasteiger partial charge in [0.1, 0.15) is 72.2 Å². The summed E-state index contributed by atoms with van der Waals surface area (Å²) in [6, 6.07) is 8.94. The van der Waals surface area contributed by atoms with Crippen LogP contribution in [0.25, 0.3) is 21.8 Å². The summed E-state index contributed by atoms with van der Waals surface area (Å²) in [6.45, 7) is 1.72. The Balaban J connectivity index is 1.29. The number of H-pyrrole nitrogens is 2. The molecule has 12 atom stereocenters. The summed E-state index contributed by atoms with van der Waals surface area (Å²) in [5.74, 6) is -17.7. The number of para-hydroxylation sites is 2. The maximum Gasteiger partial charge on any atom is 0.245 e. The number of rotatable bonds is 47. The van der Waals surface area contributed by atoms with Gasteiger partial charge in [-0.3, -0.25) is 82.1 Å². The minimum atomic E-state index is -1.88. The largest absolute Gasteiger partial charge is 0.508 e. The van der Waals surface area contributed by atoms with Crippen molar-refractivity contribution in [2.45, 2.75) is 157 Å². The minimum Gasteiger partial charge on any atom is -0.508 e. The average Bonchev–Trinajstić information content (AvgIpc) is 1.68. The Morgan fingerprint density at radius 3 is 1.23 bits per heavy atom. The van der Waals surface area contributed by atoms with E-state index in [0.717, 1.165) is 13.8 Å². The molecule has 4 aromatic carbocycles. The first-order valence-corrected chi connectivity index (χ1v) is 37.5. The third kappa shape index (κ3) is 29.7. The highest BCUT2D eigenvalue weighted by Gasteiger charge is 2.39.